The lowest BCUT2D eigenvalue weighted by Gasteiger charge is -2.29. The highest BCUT2D eigenvalue weighted by Gasteiger charge is 2.33. The molecule has 1 aliphatic heterocycles. The molecule has 0 atom stereocenters. The first kappa shape index (κ1) is 25.3. The highest BCUT2D eigenvalue weighted by Crippen LogP contribution is 2.36. The molecule has 34 heavy (non-hydrogen) atoms. The number of benzene rings is 2. The lowest BCUT2D eigenvalue weighted by Crippen LogP contribution is -2.36. The first-order valence-electron chi connectivity index (χ1n) is 9.93. The Morgan fingerprint density at radius 2 is 1.91 bits per heavy atom. The van der Waals surface area contributed by atoms with Crippen molar-refractivity contribution in [2.24, 2.45) is 0 Å². The quantitative estimate of drug-likeness (QED) is 0.264. The number of hydrogen-bond donors (Lipinski definition) is 1. The summed E-state index contributed by atoms with van der Waals surface area (Å²) in [6.45, 7) is 2.35. The van der Waals surface area contributed by atoms with E-state index in [1.165, 1.54) is 7.11 Å². The summed E-state index contributed by atoms with van der Waals surface area (Å²) in [6, 6.07) is 6.95. The van der Waals surface area contributed by atoms with Crippen molar-refractivity contribution in [1.82, 2.24) is 0 Å². The van der Waals surface area contributed by atoms with Crippen LogP contribution in [-0.2, 0) is 20.4 Å². The topological polar surface area (TPSA) is 111 Å². The molecule has 3 rings (SSSR count). The minimum atomic E-state index is -4.73. The minimum Gasteiger partial charge on any atom is -0.465 e. The SMILES string of the molecule is COC(=O)c1cc(N2CCOCC2)ccc1NC(=O)CSc1ccc(C(F)(F)F)cc1[N+](=O)[O-]. The molecule has 182 valence electrons. The van der Waals surface area contributed by atoms with Crippen LogP contribution < -0.4 is 10.2 Å². The van der Waals surface area contributed by atoms with Crippen molar-refractivity contribution in [1.29, 1.82) is 0 Å². The molecule has 1 amide bonds. The largest absolute Gasteiger partial charge is 0.465 e. The lowest BCUT2D eigenvalue weighted by atomic mass is 10.1. The predicted molar refractivity (Wildman–Crippen MR) is 118 cm³/mol. The zero-order chi connectivity index (χ0) is 24.9. The molecule has 1 heterocycles. The van der Waals surface area contributed by atoms with Gasteiger partial charge in [-0.1, -0.05) is 0 Å². The molecule has 2 aromatic rings. The number of esters is 1. The van der Waals surface area contributed by atoms with Gasteiger partial charge in [-0.05, 0) is 30.3 Å². The molecule has 0 spiro atoms. The van der Waals surface area contributed by atoms with Gasteiger partial charge in [-0.25, -0.2) is 4.79 Å². The zero-order valence-electron chi connectivity index (χ0n) is 17.9. The van der Waals surface area contributed by atoms with Gasteiger partial charge < -0.3 is 19.7 Å². The highest BCUT2D eigenvalue weighted by atomic mass is 32.2. The smallest absolute Gasteiger partial charge is 0.416 e. The molecule has 0 aliphatic carbocycles. The van der Waals surface area contributed by atoms with Gasteiger partial charge in [0.25, 0.3) is 5.69 Å². The molecule has 2 aromatic carbocycles. The Labute approximate surface area is 196 Å². The maximum Gasteiger partial charge on any atom is 0.416 e. The van der Waals surface area contributed by atoms with Crippen molar-refractivity contribution in [2.75, 3.05) is 49.4 Å². The number of nitrogens with zero attached hydrogens (tertiary/aromatic N) is 2. The number of carbonyl (C=O) groups is 2. The number of morpholine rings is 1. The van der Waals surface area contributed by atoms with E-state index in [1.54, 1.807) is 18.2 Å². The summed E-state index contributed by atoms with van der Waals surface area (Å²) in [4.78, 5) is 37.0. The van der Waals surface area contributed by atoms with Crippen molar-refractivity contribution < 1.29 is 37.2 Å². The number of amides is 1. The van der Waals surface area contributed by atoms with Crippen LogP contribution in [-0.4, -0.2) is 56.0 Å². The third kappa shape index (κ3) is 6.17. The normalized spacial score (nSPS) is 13.9. The molecule has 0 bridgehead atoms. The predicted octanol–water partition coefficient (Wildman–Crippen LogP) is 3.97. The number of halogens is 3. The van der Waals surface area contributed by atoms with Crippen LogP contribution in [0.15, 0.2) is 41.3 Å². The third-order valence-electron chi connectivity index (χ3n) is 4.90. The first-order chi connectivity index (χ1) is 16.1. The lowest BCUT2D eigenvalue weighted by molar-refractivity contribution is -0.388. The number of thioether (sulfide) groups is 1. The van der Waals surface area contributed by atoms with E-state index < -0.39 is 34.2 Å². The van der Waals surface area contributed by atoms with Crippen LogP contribution >= 0.6 is 11.8 Å². The minimum absolute atomic E-state index is 0.0935. The Hall–Kier alpha value is -3.32. The fourth-order valence-corrected chi connectivity index (χ4v) is 4.03. The summed E-state index contributed by atoms with van der Waals surface area (Å²) < 4.78 is 48.7. The van der Waals surface area contributed by atoms with E-state index in [4.69, 9.17) is 9.47 Å². The van der Waals surface area contributed by atoms with Crippen LogP contribution in [0, 0.1) is 10.1 Å². The average molecular weight is 499 g/mol. The highest BCUT2D eigenvalue weighted by molar-refractivity contribution is 8.00. The number of anilines is 2. The summed E-state index contributed by atoms with van der Waals surface area (Å²) >= 11 is 0.709. The van der Waals surface area contributed by atoms with E-state index in [2.05, 4.69) is 5.32 Å². The van der Waals surface area contributed by atoms with Gasteiger partial charge in [0.05, 0.1) is 52.7 Å². The van der Waals surface area contributed by atoms with Crippen LogP contribution in [0.4, 0.5) is 30.2 Å². The van der Waals surface area contributed by atoms with Gasteiger partial charge in [-0.15, -0.1) is 11.8 Å². The van der Waals surface area contributed by atoms with Crippen LogP contribution in [0.2, 0.25) is 0 Å². The van der Waals surface area contributed by atoms with Gasteiger partial charge in [0, 0.05) is 24.8 Å². The fourth-order valence-electron chi connectivity index (χ4n) is 3.23. The maximum absolute atomic E-state index is 12.9. The van der Waals surface area contributed by atoms with Crippen LogP contribution in [0.1, 0.15) is 15.9 Å². The monoisotopic (exact) mass is 499 g/mol. The second-order valence-electron chi connectivity index (χ2n) is 7.10. The number of nitrogens with one attached hydrogen (secondary N) is 1. The summed E-state index contributed by atoms with van der Waals surface area (Å²) in [5.41, 5.74) is -0.869. The molecule has 0 saturated carbocycles. The van der Waals surface area contributed by atoms with Gasteiger partial charge in [0.1, 0.15) is 0 Å². The Morgan fingerprint density at radius 3 is 2.53 bits per heavy atom. The summed E-state index contributed by atoms with van der Waals surface area (Å²) in [5, 5.41) is 13.8. The molecule has 0 aromatic heterocycles. The van der Waals surface area contributed by atoms with Crippen molar-refractivity contribution >= 4 is 40.7 Å². The number of rotatable bonds is 7. The summed E-state index contributed by atoms with van der Waals surface area (Å²) in [7, 11) is 1.20. The van der Waals surface area contributed by atoms with E-state index in [1.807, 2.05) is 4.90 Å². The van der Waals surface area contributed by atoms with Gasteiger partial charge in [0.2, 0.25) is 5.91 Å². The number of nitro groups is 1. The number of nitro benzene ring substituents is 1. The Morgan fingerprint density at radius 1 is 1.21 bits per heavy atom. The molecule has 13 heteroatoms. The van der Waals surface area contributed by atoms with E-state index in [0.29, 0.717) is 50.2 Å². The molecule has 0 radical (unpaired) electrons. The second-order valence-corrected chi connectivity index (χ2v) is 8.11. The number of carbonyl (C=O) groups excluding carboxylic acids is 2. The second kappa shape index (κ2) is 10.7. The standard InChI is InChI=1S/C21H20F3N3O6S/c1-32-20(29)15-11-14(26-6-8-33-9-7-26)3-4-16(15)25-19(28)12-34-18-5-2-13(21(22,23)24)10-17(18)27(30)31/h2-5,10-11H,6-9,12H2,1H3,(H,25,28). The maximum atomic E-state index is 12.9. The average Bonchev–Trinajstić information content (AvgIpc) is 2.82. The van der Waals surface area contributed by atoms with Gasteiger partial charge in [-0.3, -0.25) is 14.9 Å². The van der Waals surface area contributed by atoms with Gasteiger partial charge in [-0.2, -0.15) is 13.2 Å². The Balaban J connectivity index is 1.74. The molecule has 1 saturated heterocycles. The van der Waals surface area contributed by atoms with Crippen molar-refractivity contribution in [3.05, 3.63) is 57.6 Å². The zero-order valence-corrected chi connectivity index (χ0v) is 18.7. The van der Waals surface area contributed by atoms with Crippen LogP contribution in [0.5, 0.6) is 0 Å². The van der Waals surface area contributed by atoms with E-state index in [-0.39, 0.29) is 21.9 Å². The number of ether oxygens (including phenoxy) is 2. The van der Waals surface area contributed by atoms with Gasteiger partial charge >= 0.3 is 12.1 Å². The van der Waals surface area contributed by atoms with Crippen molar-refractivity contribution in [3.8, 4) is 0 Å². The summed E-state index contributed by atoms with van der Waals surface area (Å²) in [6.07, 6.45) is -4.73. The van der Waals surface area contributed by atoms with E-state index in [9.17, 15) is 32.9 Å². The Kier molecular flexibility index (Phi) is 7.99. The number of hydrogen-bond acceptors (Lipinski definition) is 8. The number of methoxy groups -OCH3 is 1. The molecule has 9 nitrogen and oxygen atoms in total. The van der Waals surface area contributed by atoms with E-state index >= 15 is 0 Å². The number of alkyl halides is 3. The summed E-state index contributed by atoms with van der Waals surface area (Å²) in [5.74, 6) is -1.61. The van der Waals surface area contributed by atoms with Crippen LogP contribution in [0.25, 0.3) is 0 Å². The molecular formula is C21H20F3N3O6S. The van der Waals surface area contributed by atoms with E-state index in [0.717, 1.165) is 11.8 Å². The molecular weight excluding hydrogens is 479 g/mol. The molecule has 0 unspecified atom stereocenters. The first-order valence-corrected chi connectivity index (χ1v) is 10.9. The van der Waals surface area contributed by atoms with Gasteiger partial charge in [0.15, 0.2) is 0 Å². The third-order valence-corrected chi connectivity index (χ3v) is 5.96. The molecule has 1 aliphatic rings. The molecule has 1 N–H and O–H groups in total. The van der Waals surface area contributed by atoms with Crippen LogP contribution in [0.3, 0.4) is 0 Å². The molecule has 1 fully saturated rings. The van der Waals surface area contributed by atoms with Crippen molar-refractivity contribution in [2.45, 2.75) is 11.1 Å². The van der Waals surface area contributed by atoms with Crippen molar-refractivity contribution in [3.63, 3.8) is 0 Å². The Bertz CT molecular complexity index is 1090. The fraction of sp³-hybridized carbons (Fsp3) is 0.333.